The minimum absolute atomic E-state index is 0.149. The highest BCUT2D eigenvalue weighted by atomic mass is 79.9. The fraction of sp³-hybridized carbons (Fsp3) is 0. The molecule has 0 aliphatic carbocycles. The lowest BCUT2D eigenvalue weighted by Crippen LogP contribution is -2.04. The zero-order chi connectivity index (χ0) is 16.5. The molecule has 4 rings (SSSR count). The second-order valence-electron chi connectivity index (χ2n) is 5.02. The maximum Gasteiger partial charge on any atom is 0.364 e. The summed E-state index contributed by atoms with van der Waals surface area (Å²) < 4.78 is 17.0. The normalized spacial score (nSPS) is 15.6. The molecule has 3 heterocycles. The Balaban J connectivity index is 1.62. The number of benzene rings is 1. The van der Waals surface area contributed by atoms with Crippen LogP contribution < -0.4 is 0 Å². The van der Waals surface area contributed by atoms with Crippen molar-refractivity contribution < 1.29 is 18.4 Å². The second kappa shape index (κ2) is 5.98. The Morgan fingerprint density at radius 1 is 1.00 bits per heavy atom. The van der Waals surface area contributed by atoms with Gasteiger partial charge in [0.05, 0.1) is 6.26 Å². The molecule has 0 N–H and O–H groups in total. The summed E-state index contributed by atoms with van der Waals surface area (Å²) >= 11 is 3.40. The molecule has 118 valence electrons. The number of rotatable bonds is 3. The van der Waals surface area contributed by atoms with Gasteiger partial charge in [-0.15, -0.1) is 0 Å². The van der Waals surface area contributed by atoms with E-state index in [1.807, 2.05) is 30.3 Å². The van der Waals surface area contributed by atoms with E-state index in [9.17, 15) is 4.79 Å². The lowest BCUT2D eigenvalue weighted by Gasteiger charge is -1.96. The van der Waals surface area contributed by atoms with E-state index in [1.54, 1.807) is 24.3 Å². The summed E-state index contributed by atoms with van der Waals surface area (Å²) in [4.78, 5) is 16.1. The summed E-state index contributed by atoms with van der Waals surface area (Å²) in [6.45, 7) is 0. The van der Waals surface area contributed by atoms with Crippen LogP contribution in [0.25, 0.3) is 17.4 Å². The molecule has 24 heavy (non-hydrogen) atoms. The molecular formula is C18H10BrNO4. The standard InChI is InChI=1S/C18H10BrNO4/c19-12-5-3-11(4-6-12)15-8-7-13(23-15)10-14-18(21)24-17(20-14)16-2-1-9-22-16/h1-10H. The summed E-state index contributed by atoms with van der Waals surface area (Å²) in [5, 5.41) is 0. The monoisotopic (exact) mass is 383 g/mol. The Hall–Kier alpha value is -2.86. The summed E-state index contributed by atoms with van der Waals surface area (Å²) in [6.07, 6.45) is 3.03. The van der Waals surface area contributed by atoms with E-state index >= 15 is 0 Å². The van der Waals surface area contributed by atoms with Crippen LogP contribution in [0.1, 0.15) is 11.5 Å². The van der Waals surface area contributed by atoms with Gasteiger partial charge in [0.2, 0.25) is 0 Å². The molecule has 1 aromatic carbocycles. The fourth-order valence-electron chi connectivity index (χ4n) is 2.25. The van der Waals surface area contributed by atoms with E-state index < -0.39 is 5.97 Å². The number of aliphatic imine (C=N–C) groups is 1. The number of carbonyl (C=O) groups excluding carboxylic acids is 1. The molecule has 5 nitrogen and oxygen atoms in total. The zero-order valence-corrected chi connectivity index (χ0v) is 13.8. The van der Waals surface area contributed by atoms with Crippen molar-refractivity contribution in [1.82, 2.24) is 0 Å². The topological polar surface area (TPSA) is 64.9 Å². The molecule has 0 spiro atoms. The van der Waals surface area contributed by atoms with Crippen LogP contribution in [-0.2, 0) is 9.53 Å². The maximum absolute atomic E-state index is 11.9. The quantitative estimate of drug-likeness (QED) is 0.487. The molecule has 1 aliphatic rings. The fourth-order valence-corrected chi connectivity index (χ4v) is 2.51. The third-order valence-corrected chi connectivity index (χ3v) is 3.92. The van der Waals surface area contributed by atoms with Gasteiger partial charge < -0.3 is 13.6 Å². The Kier molecular flexibility index (Phi) is 3.66. The Labute approximate surface area is 145 Å². The van der Waals surface area contributed by atoms with Crippen molar-refractivity contribution in [1.29, 1.82) is 0 Å². The van der Waals surface area contributed by atoms with Crippen molar-refractivity contribution in [2.45, 2.75) is 0 Å². The van der Waals surface area contributed by atoms with Crippen molar-refractivity contribution in [2.75, 3.05) is 0 Å². The van der Waals surface area contributed by atoms with Gasteiger partial charge in [0.15, 0.2) is 11.5 Å². The SMILES string of the molecule is O=C1OC(c2ccco2)=NC1=Cc1ccc(-c2ccc(Br)cc2)o1. The minimum Gasteiger partial charge on any atom is -0.459 e. The molecule has 0 saturated carbocycles. The maximum atomic E-state index is 11.9. The molecule has 0 fully saturated rings. The van der Waals surface area contributed by atoms with Crippen LogP contribution in [0.5, 0.6) is 0 Å². The van der Waals surface area contributed by atoms with Crippen LogP contribution in [0.3, 0.4) is 0 Å². The number of hydrogen-bond acceptors (Lipinski definition) is 5. The number of halogens is 1. The van der Waals surface area contributed by atoms with Crippen molar-refractivity contribution in [3.63, 3.8) is 0 Å². The van der Waals surface area contributed by atoms with E-state index in [-0.39, 0.29) is 11.6 Å². The molecule has 0 saturated heterocycles. The predicted octanol–water partition coefficient (Wildman–Crippen LogP) is 4.65. The highest BCUT2D eigenvalue weighted by Crippen LogP contribution is 2.26. The number of cyclic esters (lactones) is 1. The van der Waals surface area contributed by atoms with Crippen LogP contribution in [0.2, 0.25) is 0 Å². The van der Waals surface area contributed by atoms with Gasteiger partial charge in [0.25, 0.3) is 5.90 Å². The molecule has 6 heteroatoms. The van der Waals surface area contributed by atoms with Gasteiger partial charge >= 0.3 is 5.97 Å². The van der Waals surface area contributed by atoms with E-state index in [4.69, 9.17) is 13.6 Å². The summed E-state index contributed by atoms with van der Waals surface area (Å²) in [7, 11) is 0. The summed E-state index contributed by atoms with van der Waals surface area (Å²) in [5.41, 5.74) is 1.11. The number of hydrogen-bond donors (Lipinski definition) is 0. The third-order valence-electron chi connectivity index (χ3n) is 3.39. The number of carbonyl (C=O) groups is 1. The largest absolute Gasteiger partial charge is 0.459 e. The number of nitrogens with zero attached hydrogens (tertiary/aromatic N) is 1. The molecule has 0 radical (unpaired) electrons. The van der Waals surface area contributed by atoms with Gasteiger partial charge in [-0.05, 0) is 36.4 Å². The third kappa shape index (κ3) is 2.83. The van der Waals surface area contributed by atoms with Gasteiger partial charge in [-0.2, -0.15) is 0 Å². The molecule has 0 unspecified atom stereocenters. The van der Waals surface area contributed by atoms with E-state index in [1.165, 1.54) is 6.26 Å². The average molecular weight is 384 g/mol. The van der Waals surface area contributed by atoms with E-state index in [0.717, 1.165) is 10.0 Å². The highest BCUT2D eigenvalue weighted by Gasteiger charge is 2.26. The smallest absolute Gasteiger partial charge is 0.364 e. The van der Waals surface area contributed by atoms with Crippen molar-refractivity contribution in [3.05, 3.63) is 76.5 Å². The molecule has 0 bridgehead atoms. The minimum atomic E-state index is -0.539. The molecular weight excluding hydrogens is 374 g/mol. The Morgan fingerprint density at radius 3 is 2.58 bits per heavy atom. The number of esters is 1. The van der Waals surface area contributed by atoms with Crippen LogP contribution >= 0.6 is 15.9 Å². The first-order valence-corrected chi connectivity index (χ1v) is 7.90. The van der Waals surface area contributed by atoms with Gasteiger partial charge in [-0.25, -0.2) is 9.79 Å². The molecule has 1 aliphatic heterocycles. The second-order valence-corrected chi connectivity index (χ2v) is 5.94. The van der Waals surface area contributed by atoms with E-state index in [2.05, 4.69) is 20.9 Å². The lowest BCUT2D eigenvalue weighted by molar-refractivity contribution is -0.130. The first-order valence-electron chi connectivity index (χ1n) is 7.11. The number of furan rings is 2. The first kappa shape index (κ1) is 14.7. The zero-order valence-electron chi connectivity index (χ0n) is 12.2. The molecule has 2 aromatic heterocycles. The van der Waals surface area contributed by atoms with Gasteiger partial charge in [-0.1, -0.05) is 28.1 Å². The van der Waals surface area contributed by atoms with Crippen LogP contribution in [0.15, 0.2) is 78.8 Å². The van der Waals surface area contributed by atoms with Gasteiger partial charge in [0, 0.05) is 16.1 Å². The van der Waals surface area contributed by atoms with Crippen LogP contribution in [0.4, 0.5) is 0 Å². The summed E-state index contributed by atoms with van der Waals surface area (Å²) in [6, 6.07) is 14.7. The van der Waals surface area contributed by atoms with Crippen LogP contribution in [-0.4, -0.2) is 11.9 Å². The van der Waals surface area contributed by atoms with Crippen molar-refractivity contribution in [3.8, 4) is 11.3 Å². The Morgan fingerprint density at radius 2 is 1.83 bits per heavy atom. The first-order chi connectivity index (χ1) is 11.7. The van der Waals surface area contributed by atoms with Crippen molar-refractivity contribution >= 4 is 33.9 Å². The lowest BCUT2D eigenvalue weighted by atomic mass is 10.2. The van der Waals surface area contributed by atoms with Crippen LogP contribution in [0, 0.1) is 0 Å². The summed E-state index contributed by atoms with van der Waals surface area (Å²) in [5.74, 6) is 1.24. The van der Waals surface area contributed by atoms with Gasteiger partial charge in [-0.3, -0.25) is 0 Å². The molecule has 3 aromatic rings. The van der Waals surface area contributed by atoms with Gasteiger partial charge in [0.1, 0.15) is 11.5 Å². The van der Waals surface area contributed by atoms with E-state index in [0.29, 0.717) is 17.3 Å². The average Bonchev–Trinajstić information content (AvgIpc) is 3.31. The van der Waals surface area contributed by atoms with Crippen molar-refractivity contribution in [2.24, 2.45) is 4.99 Å². The molecule has 0 atom stereocenters. The number of ether oxygens (including phenoxy) is 1. The Bertz CT molecular complexity index is 949. The molecule has 0 amide bonds. The highest BCUT2D eigenvalue weighted by molar-refractivity contribution is 9.10. The predicted molar refractivity (Wildman–Crippen MR) is 91.2 cm³/mol.